The second-order valence-corrected chi connectivity index (χ2v) is 45.8. The molecule has 0 fully saturated rings. The normalized spacial score (nSPS) is 12.3. The van der Waals surface area contributed by atoms with E-state index in [4.69, 9.17) is 25.7 Å². The van der Waals surface area contributed by atoms with Gasteiger partial charge in [-0.1, -0.05) is 335 Å². The van der Waals surface area contributed by atoms with Gasteiger partial charge in [-0.3, -0.25) is 23.7 Å². The first-order valence-electron chi connectivity index (χ1n) is 45.9. The van der Waals surface area contributed by atoms with Crippen molar-refractivity contribution in [2.24, 2.45) is 0 Å². The first-order valence-corrected chi connectivity index (χ1v) is 51.9. The third-order valence-corrected chi connectivity index (χ3v) is 38.1. The summed E-state index contributed by atoms with van der Waals surface area (Å²) in [4.78, 5) is 0. The van der Waals surface area contributed by atoms with E-state index >= 15 is 0 Å². The van der Waals surface area contributed by atoms with Crippen molar-refractivity contribution >= 4 is 95.3 Å². The molecule has 18 aromatic carbocycles. The standard InChI is InChI=1S/C37H36P2.C32H28P2.4C15H9.4Au/c1-36(2)27-37(3,4)33-26-35(39(30-21-13-7-14-22-30)31-23-15-8-16-24-31)34(25-32(33)36)38(28-17-9-5-10-18-28)29-19-11-6-12-20-29;1-25-23-31(33(27-15-7-3-8-16-27)28-17-9-4-10-18-28)32(24-26(25)2)34(29-19-11-5-12-20-29)30-21-13-6-14-22-30;2*1-2-11-7-5-8-13-10-12-6-3-4-9-14(12)15(11)13;1-2-11-7-8-15-13(9-11)10-12-5-3-4-6-14(12)15;1-2-11-7-8-13-10-12-5-3-4-6-14(12)15(13)9-11;;;;/h5-26H,27H2,1-4H3;3-24H,1-2H3;4*3-9H,10H2;;;;/q;;4*-1;4*+1/p+4. The molecule has 8 heteroatoms. The Kier molecular flexibility index (Phi) is 34.9. The van der Waals surface area contributed by atoms with E-state index in [1.54, 1.807) is 21.7 Å². The molecule has 0 aromatic heterocycles. The van der Waals surface area contributed by atoms with E-state index in [-0.39, 0.29) is 100 Å². The largest absolute Gasteiger partial charge is 1.00 e. The summed E-state index contributed by atoms with van der Waals surface area (Å²) in [6, 6.07) is 158. The van der Waals surface area contributed by atoms with Crippen molar-refractivity contribution < 1.29 is 89.5 Å². The van der Waals surface area contributed by atoms with Crippen LogP contribution >= 0.6 is 31.7 Å². The van der Waals surface area contributed by atoms with Crippen molar-refractivity contribution in [3.63, 3.8) is 0 Å². The summed E-state index contributed by atoms with van der Waals surface area (Å²) in [5.41, 5.74) is 30.6. The average Bonchev–Trinajstić information content (AvgIpc) is 1.60. The molecule has 0 saturated heterocycles. The van der Waals surface area contributed by atoms with Crippen LogP contribution in [0.15, 0.2) is 437 Å². The Hall–Kier alpha value is -11.1. The van der Waals surface area contributed by atoms with Gasteiger partial charge in [-0.2, -0.15) is 0 Å². The third-order valence-electron chi connectivity index (χ3n) is 26.5. The fourth-order valence-corrected chi connectivity index (χ4v) is 32.6. The van der Waals surface area contributed by atoms with E-state index in [0.29, 0.717) is 0 Å². The van der Waals surface area contributed by atoms with Gasteiger partial charge in [0.05, 0.1) is 0 Å². The molecule has 0 heterocycles. The smallest absolute Gasteiger partial charge is 0.366 e. The molecule has 23 rings (SSSR count). The molecule has 137 heavy (non-hydrogen) atoms. The molecule has 0 nitrogen and oxygen atoms in total. The molecule has 5 aliphatic rings. The van der Waals surface area contributed by atoms with Crippen LogP contribution in [0.5, 0.6) is 0 Å². The Bertz CT molecular complexity index is 6930. The first kappa shape index (κ1) is 102. The molecule has 0 N–H and O–H groups in total. The van der Waals surface area contributed by atoms with Crippen molar-refractivity contribution in [2.75, 3.05) is 0 Å². The van der Waals surface area contributed by atoms with Gasteiger partial charge in [0.15, 0.2) is 0 Å². The van der Waals surface area contributed by atoms with Crippen LogP contribution in [0.25, 0.3) is 44.5 Å². The second-order valence-electron chi connectivity index (χ2n) is 36.1. The number of hydrogen-bond donors (Lipinski definition) is 0. The summed E-state index contributed by atoms with van der Waals surface area (Å²) in [5.74, 6) is 9.91. The summed E-state index contributed by atoms with van der Waals surface area (Å²) in [7, 11) is -4.85. The maximum Gasteiger partial charge on any atom is 1.00 e. The Morgan fingerprint density at radius 2 is 0.453 bits per heavy atom. The number of aryl methyl sites for hydroxylation is 2. The summed E-state index contributed by atoms with van der Waals surface area (Å²) >= 11 is 0. The molecule has 0 radical (unpaired) electrons. The molecule has 0 aliphatic heterocycles. The van der Waals surface area contributed by atoms with Crippen LogP contribution in [-0.4, -0.2) is 0 Å². The van der Waals surface area contributed by atoms with E-state index < -0.39 is 31.7 Å². The summed E-state index contributed by atoms with van der Waals surface area (Å²) in [6.45, 7) is 14.3. The molecule has 0 atom stereocenters. The fourth-order valence-electron chi connectivity index (χ4n) is 20.4. The van der Waals surface area contributed by atoms with Crippen LogP contribution < -0.4 is 63.7 Å². The summed E-state index contributed by atoms with van der Waals surface area (Å²) in [5, 5.41) is 17.7. The van der Waals surface area contributed by atoms with Gasteiger partial charge in [0.25, 0.3) is 0 Å². The van der Waals surface area contributed by atoms with Crippen LogP contribution in [0.4, 0.5) is 0 Å². The monoisotopic (exact) mass is 2560 g/mol. The van der Waals surface area contributed by atoms with E-state index in [2.05, 4.69) is 460 Å². The Labute approximate surface area is 880 Å². The topological polar surface area (TPSA) is 0 Å². The van der Waals surface area contributed by atoms with Gasteiger partial charge < -0.3 is 25.7 Å². The van der Waals surface area contributed by atoms with Crippen LogP contribution in [0.2, 0.25) is 0 Å². The number of fused-ring (bicyclic) bond motifs is 13. The Balaban J connectivity index is 0.000000138. The average molecular weight is 2570 g/mol. The van der Waals surface area contributed by atoms with Gasteiger partial charge in [-0.25, -0.2) is 0 Å². The molecule has 0 saturated carbocycles. The molecule has 18 aromatic rings. The quantitative estimate of drug-likeness (QED) is 0.0495. The maximum atomic E-state index is 7.30. The molecule has 5 aliphatic carbocycles. The number of benzene rings is 18. The minimum absolute atomic E-state index is 0. The molecule has 0 bridgehead atoms. The summed E-state index contributed by atoms with van der Waals surface area (Å²) < 4.78 is 0. The van der Waals surface area contributed by atoms with Gasteiger partial charge in [0.1, 0.15) is 95.3 Å². The minimum Gasteiger partial charge on any atom is -0.366 e. The zero-order valence-electron chi connectivity index (χ0n) is 77.3. The van der Waals surface area contributed by atoms with E-state index in [1.807, 2.05) is 42.5 Å². The Morgan fingerprint density at radius 3 is 0.774 bits per heavy atom. The predicted octanol–water partition coefficient (Wildman–Crippen LogP) is 24.7. The fraction of sp³-hybridized carbons (Fsp3) is 0.101. The van der Waals surface area contributed by atoms with Crippen LogP contribution in [0.1, 0.15) is 123 Å². The molecule has 680 valence electrons. The van der Waals surface area contributed by atoms with E-state index in [0.717, 1.165) is 47.9 Å². The maximum absolute atomic E-state index is 7.30. The minimum atomic E-state index is -1.25. The SMILES string of the molecule is CC1(C)CC(C)(C)c2cc([PH+](c3ccccc3)c3ccccc3)c([PH+](c3ccccc3)c3ccccc3)cc21.Cc1cc([PH+](c2ccccc2)c2ccccc2)c([PH+](c2ccccc2)c2ccccc2)cc1C.[Au+].[Au+].[Au+].[Au+].[C-]#Cc1ccc2c(c1)-c1ccccc1C2.[C-]#Cc1ccc2c(c1)Cc1ccccc1-2.[C-]#Cc1cccc2c1-c1ccccc1C2.[C-]#Cc1cccc2c1-c1ccccc1C2. The van der Waals surface area contributed by atoms with Gasteiger partial charge in [0, 0.05) is 0 Å². The van der Waals surface area contributed by atoms with Crippen molar-refractivity contribution in [1.29, 1.82) is 0 Å². The van der Waals surface area contributed by atoms with Crippen LogP contribution in [-0.2, 0) is 126 Å². The summed E-state index contributed by atoms with van der Waals surface area (Å²) in [6.07, 6.45) is 34.0. The second kappa shape index (κ2) is 47.0. The van der Waals surface area contributed by atoms with Crippen LogP contribution in [0.3, 0.4) is 0 Å². The third kappa shape index (κ3) is 22.6. The molecule has 0 spiro atoms. The van der Waals surface area contributed by atoms with Crippen molar-refractivity contribution in [1.82, 2.24) is 0 Å². The van der Waals surface area contributed by atoms with Crippen molar-refractivity contribution in [2.45, 2.75) is 84.5 Å². The van der Waals surface area contributed by atoms with Gasteiger partial charge in [-0.05, 0) is 262 Å². The zero-order valence-corrected chi connectivity index (χ0v) is 90.0. The first-order chi connectivity index (χ1) is 65.1. The van der Waals surface area contributed by atoms with Gasteiger partial charge in [-0.15, -0.1) is 58.7 Å². The van der Waals surface area contributed by atoms with Gasteiger partial charge in [0.2, 0.25) is 0 Å². The predicted molar refractivity (Wildman–Crippen MR) is 577 cm³/mol. The number of rotatable bonds is 12. The van der Waals surface area contributed by atoms with E-state index in [1.165, 1.54) is 160 Å². The van der Waals surface area contributed by atoms with Crippen molar-refractivity contribution in [3.8, 4) is 68.2 Å². The molecular weight excluding hydrogens is 2460 g/mol. The molecule has 0 unspecified atom stereocenters. The van der Waals surface area contributed by atoms with Gasteiger partial charge >= 0.3 is 89.5 Å². The molecular formula is C129H104Au4P4+4. The molecule has 0 amide bonds. The van der Waals surface area contributed by atoms with Crippen LogP contribution in [0, 0.1) is 63.2 Å². The Morgan fingerprint density at radius 1 is 0.212 bits per heavy atom. The van der Waals surface area contributed by atoms with E-state index in [9.17, 15) is 0 Å². The number of hydrogen-bond acceptors (Lipinski definition) is 0. The van der Waals surface area contributed by atoms with Crippen molar-refractivity contribution in [3.05, 3.63) is 551 Å². The zero-order chi connectivity index (χ0) is 91.4.